The fourth-order valence-corrected chi connectivity index (χ4v) is 1.44. The van der Waals surface area contributed by atoms with Crippen LogP contribution in [0.5, 0.6) is 0 Å². The standard InChI is InChI=1S/C11H14N6O/c1-8-9(14)10(16-15-8)11(18)17(6-2-4-12)7-3-5-13/h2-3,6-7,14H2,1H3,(H,15,16). The minimum Gasteiger partial charge on any atom is -0.395 e. The molecule has 1 amide bonds. The van der Waals surface area contributed by atoms with Crippen LogP contribution in [0, 0.1) is 29.6 Å². The Labute approximate surface area is 105 Å². The zero-order valence-electron chi connectivity index (χ0n) is 10.1. The first-order valence-electron chi connectivity index (χ1n) is 5.45. The molecule has 0 radical (unpaired) electrons. The number of nitrogens with two attached hydrogens (primary N) is 1. The van der Waals surface area contributed by atoms with Crippen LogP contribution in [0.15, 0.2) is 0 Å². The van der Waals surface area contributed by atoms with Gasteiger partial charge in [-0.2, -0.15) is 15.6 Å². The molecule has 0 aliphatic heterocycles. The van der Waals surface area contributed by atoms with Gasteiger partial charge in [-0.1, -0.05) is 0 Å². The van der Waals surface area contributed by atoms with Crippen LogP contribution in [0.3, 0.4) is 0 Å². The van der Waals surface area contributed by atoms with Crippen LogP contribution in [0.1, 0.15) is 29.0 Å². The minimum atomic E-state index is -0.359. The monoisotopic (exact) mass is 246 g/mol. The number of rotatable bonds is 5. The van der Waals surface area contributed by atoms with Gasteiger partial charge in [-0.05, 0) is 6.92 Å². The van der Waals surface area contributed by atoms with Crippen molar-refractivity contribution >= 4 is 11.6 Å². The van der Waals surface area contributed by atoms with Crippen molar-refractivity contribution in [3.8, 4) is 12.1 Å². The Hall–Kier alpha value is -2.54. The number of carbonyl (C=O) groups excluding carboxylic acids is 1. The number of hydrogen-bond donors (Lipinski definition) is 2. The molecule has 7 nitrogen and oxygen atoms in total. The summed E-state index contributed by atoms with van der Waals surface area (Å²) in [5, 5.41) is 23.6. The highest BCUT2D eigenvalue weighted by atomic mass is 16.2. The average molecular weight is 246 g/mol. The smallest absolute Gasteiger partial charge is 0.276 e. The first-order valence-corrected chi connectivity index (χ1v) is 5.45. The normalized spacial score (nSPS) is 9.50. The molecule has 1 aromatic rings. The first-order chi connectivity index (χ1) is 8.61. The molecule has 0 aromatic carbocycles. The predicted molar refractivity (Wildman–Crippen MR) is 64.1 cm³/mol. The second-order valence-electron chi connectivity index (χ2n) is 3.72. The summed E-state index contributed by atoms with van der Waals surface area (Å²) < 4.78 is 0. The number of aryl methyl sites for hydroxylation is 1. The van der Waals surface area contributed by atoms with Gasteiger partial charge in [-0.15, -0.1) is 0 Å². The minimum absolute atomic E-state index is 0.142. The van der Waals surface area contributed by atoms with E-state index in [0.717, 1.165) is 0 Å². The van der Waals surface area contributed by atoms with Crippen LogP contribution in [-0.4, -0.2) is 34.1 Å². The lowest BCUT2D eigenvalue weighted by molar-refractivity contribution is 0.0757. The summed E-state index contributed by atoms with van der Waals surface area (Å²) in [7, 11) is 0. The van der Waals surface area contributed by atoms with Crippen molar-refractivity contribution < 1.29 is 4.79 Å². The molecule has 18 heavy (non-hydrogen) atoms. The van der Waals surface area contributed by atoms with Gasteiger partial charge in [0.2, 0.25) is 0 Å². The Bertz CT molecular complexity index is 489. The van der Waals surface area contributed by atoms with E-state index in [9.17, 15) is 4.79 Å². The van der Waals surface area contributed by atoms with Crippen LogP contribution in [0.4, 0.5) is 5.69 Å². The molecular weight excluding hydrogens is 232 g/mol. The van der Waals surface area contributed by atoms with E-state index in [1.165, 1.54) is 4.90 Å². The van der Waals surface area contributed by atoms with Crippen molar-refractivity contribution in [1.82, 2.24) is 15.1 Å². The number of H-pyrrole nitrogens is 1. The van der Waals surface area contributed by atoms with Crippen LogP contribution in [-0.2, 0) is 0 Å². The summed E-state index contributed by atoms with van der Waals surface area (Å²) in [6.07, 6.45) is 0.418. The number of nitriles is 2. The van der Waals surface area contributed by atoms with Crippen molar-refractivity contribution in [2.24, 2.45) is 0 Å². The van der Waals surface area contributed by atoms with E-state index in [4.69, 9.17) is 16.3 Å². The van der Waals surface area contributed by atoms with Crippen LogP contribution < -0.4 is 5.73 Å². The second kappa shape index (κ2) is 6.26. The largest absolute Gasteiger partial charge is 0.395 e. The summed E-state index contributed by atoms with van der Waals surface area (Å²) in [6, 6.07) is 3.93. The van der Waals surface area contributed by atoms with Crippen LogP contribution in [0.2, 0.25) is 0 Å². The maximum atomic E-state index is 12.1. The molecule has 0 saturated carbocycles. The van der Waals surface area contributed by atoms with E-state index < -0.39 is 0 Å². The molecule has 0 bridgehead atoms. The molecular formula is C11H14N6O. The lowest BCUT2D eigenvalue weighted by atomic mass is 10.2. The summed E-state index contributed by atoms with van der Waals surface area (Å²) in [4.78, 5) is 13.6. The van der Waals surface area contributed by atoms with Gasteiger partial charge in [0, 0.05) is 13.1 Å². The van der Waals surface area contributed by atoms with Crippen molar-refractivity contribution in [3.05, 3.63) is 11.4 Å². The number of nitrogens with one attached hydrogen (secondary N) is 1. The fraction of sp³-hybridized carbons (Fsp3) is 0.455. The van der Waals surface area contributed by atoms with Crippen molar-refractivity contribution in [2.75, 3.05) is 18.8 Å². The first kappa shape index (κ1) is 13.5. The highest BCUT2D eigenvalue weighted by Gasteiger charge is 2.21. The molecule has 0 unspecified atom stereocenters. The zero-order valence-corrected chi connectivity index (χ0v) is 10.1. The van der Waals surface area contributed by atoms with Crippen LogP contribution >= 0.6 is 0 Å². The molecule has 0 aliphatic carbocycles. The van der Waals surface area contributed by atoms with E-state index in [1.807, 2.05) is 12.1 Å². The number of carbonyl (C=O) groups is 1. The van der Waals surface area contributed by atoms with Gasteiger partial charge in [-0.25, -0.2) is 0 Å². The second-order valence-corrected chi connectivity index (χ2v) is 3.72. The highest BCUT2D eigenvalue weighted by molar-refractivity contribution is 5.97. The molecule has 3 N–H and O–H groups in total. The van der Waals surface area contributed by atoms with Gasteiger partial charge in [0.05, 0.1) is 36.4 Å². The molecule has 0 atom stereocenters. The van der Waals surface area contributed by atoms with Gasteiger partial charge in [0.1, 0.15) is 0 Å². The van der Waals surface area contributed by atoms with E-state index in [2.05, 4.69) is 10.2 Å². The molecule has 1 aromatic heterocycles. The number of nitrogens with zero attached hydrogens (tertiary/aromatic N) is 4. The zero-order chi connectivity index (χ0) is 13.5. The maximum absolute atomic E-state index is 12.1. The summed E-state index contributed by atoms with van der Waals surface area (Å²) in [5.74, 6) is -0.359. The third kappa shape index (κ3) is 2.98. The van der Waals surface area contributed by atoms with Gasteiger partial charge in [0.15, 0.2) is 5.69 Å². The van der Waals surface area contributed by atoms with Crippen LogP contribution in [0.25, 0.3) is 0 Å². The van der Waals surface area contributed by atoms with Gasteiger partial charge < -0.3 is 10.6 Å². The quantitative estimate of drug-likeness (QED) is 0.786. The Kier molecular flexibility index (Phi) is 4.70. The molecule has 0 saturated heterocycles. The van der Waals surface area contributed by atoms with E-state index >= 15 is 0 Å². The predicted octanol–water partition coefficient (Wildman–Crippen LogP) is 0.570. The topological polar surface area (TPSA) is 123 Å². The van der Waals surface area contributed by atoms with E-state index in [0.29, 0.717) is 11.4 Å². The number of hydrogen-bond acceptors (Lipinski definition) is 5. The number of nitrogen functional groups attached to an aromatic ring is 1. The fourth-order valence-electron chi connectivity index (χ4n) is 1.44. The molecule has 7 heteroatoms. The van der Waals surface area contributed by atoms with E-state index in [1.54, 1.807) is 6.92 Å². The molecule has 94 valence electrons. The Balaban J connectivity index is 2.85. The lowest BCUT2D eigenvalue weighted by Gasteiger charge is -2.19. The summed E-state index contributed by atoms with van der Waals surface area (Å²) in [6.45, 7) is 2.25. The van der Waals surface area contributed by atoms with Gasteiger partial charge in [-0.3, -0.25) is 9.89 Å². The Morgan fingerprint density at radius 1 is 1.39 bits per heavy atom. The number of aromatic amines is 1. The highest BCUT2D eigenvalue weighted by Crippen LogP contribution is 2.15. The Morgan fingerprint density at radius 2 is 1.94 bits per heavy atom. The molecule has 0 fully saturated rings. The Morgan fingerprint density at radius 3 is 2.33 bits per heavy atom. The van der Waals surface area contributed by atoms with E-state index in [-0.39, 0.29) is 37.5 Å². The molecule has 1 heterocycles. The SMILES string of the molecule is Cc1[nH]nc(C(=O)N(CCC#N)CCC#N)c1N. The van der Waals surface area contributed by atoms with Crippen molar-refractivity contribution in [3.63, 3.8) is 0 Å². The molecule has 0 spiro atoms. The molecule has 1 rings (SSSR count). The number of anilines is 1. The third-order valence-electron chi connectivity index (χ3n) is 2.47. The van der Waals surface area contributed by atoms with Crippen molar-refractivity contribution in [1.29, 1.82) is 10.5 Å². The van der Waals surface area contributed by atoms with Gasteiger partial charge >= 0.3 is 0 Å². The van der Waals surface area contributed by atoms with Gasteiger partial charge in [0.25, 0.3) is 5.91 Å². The summed E-state index contributed by atoms with van der Waals surface area (Å²) in [5.41, 5.74) is 6.80. The molecule has 0 aliphatic rings. The maximum Gasteiger partial charge on any atom is 0.276 e. The number of amides is 1. The number of aromatic nitrogens is 2. The van der Waals surface area contributed by atoms with Crippen molar-refractivity contribution in [2.45, 2.75) is 19.8 Å². The summed E-state index contributed by atoms with van der Waals surface area (Å²) >= 11 is 0. The third-order valence-corrected chi connectivity index (χ3v) is 2.47. The average Bonchev–Trinajstić information content (AvgIpc) is 2.69. The lowest BCUT2D eigenvalue weighted by Crippen LogP contribution is -2.33.